The molecule has 0 aliphatic carbocycles. The van der Waals surface area contributed by atoms with Crippen LogP contribution in [0.1, 0.15) is 16.7 Å². The molecule has 1 aliphatic heterocycles. The summed E-state index contributed by atoms with van der Waals surface area (Å²) in [5, 5.41) is 2.68. The van der Waals surface area contributed by atoms with Crippen molar-refractivity contribution >= 4 is 17.5 Å². The fourth-order valence-corrected chi connectivity index (χ4v) is 3.13. The van der Waals surface area contributed by atoms with Crippen molar-refractivity contribution in [1.82, 2.24) is 15.2 Å². The van der Waals surface area contributed by atoms with Crippen molar-refractivity contribution in [2.75, 3.05) is 31.1 Å². The maximum Gasteiger partial charge on any atom is 0.312 e. The van der Waals surface area contributed by atoms with Crippen molar-refractivity contribution in [2.24, 2.45) is 0 Å². The normalized spacial score (nSPS) is 14.2. The highest BCUT2D eigenvalue weighted by molar-refractivity contribution is 6.35. The quantitative estimate of drug-likeness (QED) is 0.854. The maximum atomic E-state index is 12.4. The SMILES string of the molecule is Cc1cccc(N2CCN(C(=O)C(=O)NCc3ccncc3)CC2)c1C. The lowest BCUT2D eigenvalue weighted by molar-refractivity contribution is -0.146. The van der Waals surface area contributed by atoms with Gasteiger partial charge in [0.15, 0.2) is 0 Å². The van der Waals surface area contributed by atoms with Gasteiger partial charge in [0.05, 0.1) is 0 Å². The van der Waals surface area contributed by atoms with Gasteiger partial charge in [-0.25, -0.2) is 0 Å². The standard InChI is InChI=1S/C20H24N4O2/c1-15-4-3-5-18(16(15)2)23-10-12-24(13-11-23)20(26)19(25)22-14-17-6-8-21-9-7-17/h3-9H,10-14H2,1-2H3,(H,22,25). The molecule has 3 rings (SSSR count). The van der Waals surface area contributed by atoms with E-state index in [9.17, 15) is 9.59 Å². The number of pyridine rings is 1. The summed E-state index contributed by atoms with van der Waals surface area (Å²) in [4.78, 5) is 32.3. The van der Waals surface area contributed by atoms with Gasteiger partial charge in [-0.1, -0.05) is 12.1 Å². The van der Waals surface area contributed by atoms with E-state index in [1.807, 2.05) is 12.1 Å². The minimum Gasteiger partial charge on any atom is -0.368 e. The van der Waals surface area contributed by atoms with Gasteiger partial charge < -0.3 is 15.1 Å². The molecule has 0 saturated carbocycles. The third-order valence-corrected chi connectivity index (χ3v) is 4.88. The second kappa shape index (κ2) is 7.99. The molecule has 1 aliphatic rings. The number of hydrogen-bond acceptors (Lipinski definition) is 4. The fourth-order valence-electron chi connectivity index (χ4n) is 3.13. The molecule has 1 aromatic carbocycles. The molecule has 0 spiro atoms. The molecular formula is C20H24N4O2. The summed E-state index contributed by atoms with van der Waals surface area (Å²) in [6, 6.07) is 9.90. The van der Waals surface area contributed by atoms with Gasteiger partial charge in [0.1, 0.15) is 0 Å². The molecule has 1 aromatic heterocycles. The number of piperazine rings is 1. The average molecular weight is 352 g/mol. The largest absolute Gasteiger partial charge is 0.368 e. The molecule has 6 heteroatoms. The predicted octanol–water partition coefficient (Wildman–Crippen LogP) is 1.66. The van der Waals surface area contributed by atoms with Crippen LogP contribution in [0.25, 0.3) is 0 Å². The summed E-state index contributed by atoms with van der Waals surface area (Å²) >= 11 is 0. The Balaban J connectivity index is 1.53. The van der Waals surface area contributed by atoms with Gasteiger partial charge in [0.2, 0.25) is 0 Å². The van der Waals surface area contributed by atoms with Crippen molar-refractivity contribution in [3.8, 4) is 0 Å². The van der Waals surface area contributed by atoms with Crippen molar-refractivity contribution in [3.05, 3.63) is 59.4 Å². The lowest BCUT2D eigenvalue weighted by Gasteiger charge is -2.36. The van der Waals surface area contributed by atoms with Crippen molar-refractivity contribution in [2.45, 2.75) is 20.4 Å². The molecule has 0 unspecified atom stereocenters. The van der Waals surface area contributed by atoms with Gasteiger partial charge in [-0.05, 0) is 48.7 Å². The number of hydrogen-bond donors (Lipinski definition) is 1. The number of carbonyl (C=O) groups excluding carboxylic acids is 2. The molecule has 1 saturated heterocycles. The number of carbonyl (C=O) groups is 2. The van der Waals surface area contributed by atoms with Crippen molar-refractivity contribution in [3.63, 3.8) is 0 Å². The van der Waals surface area contributed by atoms with Crippen LogP contribution >= 0.6 is 0 Å². The lowest BCUT2D eigenvalue weighted by atomic mass is 10.1. The van der Waals surface area contributed by atoms with E-state index < -0.39 is 11.8 Å². The third kappa shape index (κ3) is 4.02. The van der Waals surface area contributed by atoms with E-state index in [4.69, 9.17) is 0 Å². The highest BCUT2D eigenvalue weighted by atomic mass is 16.2. The number of aryl methyl sites for hydroxylation is 1. The maximum absolute atomic E-state index is 12.4. The van der Waals surface area contributed by atoms with Crippen LogP contribution in [0.3, 0.4) is 0 Å². The second-order valence-corrected chi connectivity index (χ2v) is 6.54. The van der Waals surface area contributed by atoms with Crippen LogP contribution in [-0.4, -0.2) is 47.9 Å². The predicted molar refractivity (Wildman–Crippen MR) is 101 cm³/mol. The summed E-state index contributed by atoms with van der Waals surface area (Å²) in [7, 11) is 0. The zero-order valence-corrected chi connectivity index (χ0v) is 15.2. The minimum absolute atomic E-state index is 0.329. The number of benzene rings is 1. The topological polar surface area (TPSA) is 65.5 Å². The fraction of sp³-hybridized carbons (Fsp3) is 0.350. The molecule has 2 amide bonds. The zero-order chi connectivity index (χ0) is 18.5. The molecule has 26 heavy (non-hydrogen) atoms. The molecule has 0 atom stereocenters. The monoisotopic (exact) mass is 352 g/mol. The molecule has 136 valence electrons. The Hall–Kier alpha value is -2.89. The summed E-state index contributed by atoms with van der Waals surface area (Å²) in [5.41, 5.74) is 4.65. The van der Waals surface area contributed by atoms with Crippen LogP contribution in [0.2, 0.25) is 0 Å². The molecule has 6 nitrogen and oxygen atoms in total. The first-order valence-electron chi connectivity index (χ1n) is 8.83. The Kier molecular flexibility index (Phi) is 5.51. The first kappa shape index (κ1) is 17.9. The first-order valence-corrected chi connectivity index (χ1v) is 8.83. The second-order valence-electron chi connectivity index (χ2n) is 6.54. The van der Waals surface area contributed by atoms with Crippen LogP contribution < -0.4 is 10.2 Å². The number of nitrogens with zero attached hydrogens (tertiary/aromatic N) is 3. The van der Waals surface area contributed by atoms with Gasteiger partial charge in [0, 0.05) is 50.8 Å². The molecule has 0 bridgehead atoms. The van der Waals surface area contributed by atoms with Crippen LogP contribution in [0, 0.1) is 13.8 Å². The van der Waals surface area contributed by atoms with Crippen LogP contribution in [-0.2, 0) is 16.1 Å². The minimum atomic E-state index is -0.554. The summed E-state index contributed by atoms with van der Waals surface area (Å²) < 4.78 is 0. The van der Waals surface area contributed by atoms with Gasteiger partial charge in [0.25, 0.3) is 0 Å². The highest BCUT2D eigenvalue weighted by Crippen LogP contribution is 2.23. The number of anilines is 1. The zero-order valence-electron chi connectivity index (χ0n) is 15.2. The van der Waals surface area contributed by atoms with E-state index in [0.29, 0.717) is 19.6 Å². The van der Waals surface area contributed by atoms with Crippen molar-refractivity contribution < 1.29 is 9.59 Å². The van der Waals surface area contributed by atoms with Gasteiger partial charge in [-0.3, -0.25) is 14.6 Å². The lowest BCUT2D eigenvalue weighted by Crippen LogP contribution is -2.52. The number of amides is 2. The van der Waals surface area contributed by atoms with E-state index >= 15 is 0 Å². The number of rotatable bonds is 3. The molecular weight excluding hydrogens is 328 g/mol. The van der Waals surface area contributed by atoms with Crippen LogP contribution in [0.4, 0.5) is 5.69 Å². The van der Waals surface area contributed by atoms with Crippen LogP contribution in [0.15, 0.2) is 42.7 Å². The Morgan fingerprint density at radius 1 is 1.04 bits per heavy atom. The molecule has 0 radical (unpaired) electrons. The molecule has 2 heterocycles. The number of nitrogens with one attached hydrogen (secondary N) is 1. The Bertz CT molecular complexity index is 784. The van der Waals surface area contributed by atoms with E-state index in [-0.39, 0.29) is 0 Å². The Labute approximate surface area is 153 Å². The van der Waals surface area contributed by atoms with E-state index in [1.54, 1.807) is 17.3 Å². The summed E-state index contributed by atoms with van der Waals surface area (Å²) in [5.74, 6) is -1.01. The third-order valence-electron chi connectivity index (χ3n) is 4.88. The average Bonchev–Trinajstić information content (AvgIpc) is 2.68. The Morgan fingerprint density at radius 2 is 1.73 bits per heavy atom. The van der Waals surface area contributed by atoms with E-state index in [2.05, 4.69) is 47.2 Å². The molecule has 2 aromatic rings. The van der Waals surface area contributed by atoms with E-state index in [0.717, 1.165) is 18.7 Å². The van der Waals surface area contributed by atoms with Gasteiger partial charge in [-0.15, -0.1) is 0 Å². The number of aromatic nitrogens is 1. The van der Waals surface area contributed by atoms with Gasteiger partial charge >= 0.3 is 11.8 Å². The summed E-state index contributed by atoms with van der Waals surface area (Å²) in [6.45, 7) is 7.11. The van der Waals surface area contributed by atoms with Crippen LogP contribution in [0.5, 0.6) is 0 Å². The van der Waals surface area contributed by atoms with E-state index in [1.165, 1.54) is 16.8 Å². The smallest absolute Gasteiger partial charge is 0.312 e. The summed E-state index contributed by atoms with van der Waals surface area (Å²) in [6.07, 6.45) is 3.33. The molecule has 1 N–H and O–H groups in total. The molecule has 1 fully saturated rings. The first-order chi connectivity index (χ1) is 12.6. The highest BCUT2D eigenvalue weighted by Gasteiger charge is 2.26. The van der Waals surface area contributed by atoms with Gasteiger partial charge in [-0.2, -0.15) is 0 Å². The van der Waals surface area contributed by atoms with Crippen molar-refractivity contribution in [1.29, 1.82) is 0 Å². The Morgan fingerprint density at radius 3 is 2.42 bits per heavy atom.